The molecule has 1 amide bonds. The maximum Gasteiger partial charge on any atom is 0.239 e. The minimum atomic E-state index is 0.0624. The molecule has 0 atom stereocenters. The third kappa shape index (κ3) is 3.81. The van der Waals surface area contributed by atoms with Crippen molar-refractivity contribution in [2.75, 3.05) is 17.3 Å². The van der Waals surface area contributed by atoms with E-state index in [1.807, 2.05) is 0 Å². The Morgan fingerprint density at radius 3 is 3.00 bits per heavy atom. The maximum absolute atomic E-state index is 11.5. The molecule has 8 heteroatoms. The van der Waals surface area contributed by atoms with Gasteiger partial charge in [-0.15, -0.1) is 0 Å². The number of carbonyl (C=O) groups is 1. The molecule has 2 rings (SSSR count). The Balaban J connectivity index is 1.79. The summed E-state index contributed by atoms with van der Waals surface area (Å²) in [6.07, 6.45) is 4.21. The van der Waals surface area contributed by atoms with Gasteiger partial charge in [-0.3, -0.25) is 10.2 Å². The number of aromatic nitrogens is 2. The molecule has 0 aliphatic heterocycles. The van der Waals surface area contributed by atoms with Gasteiger partial charge in [0.1, 0.15) is 5.82 Å². The monoisotopic (exact) mass is 314 g/mol. The van der Waals surface area contributed by atoms with Crippen LogP contribution in [0.2, 0.25) is 0 Å². The van der Waals surface area contributed by atoms with Crippen molar-refractivity contribution in [3.8, 4) is 0 Å². The number of nitrogen functional groups attached to an aromatic ring is 1. The molecule has 1 aliphatic rings. The van der Waals surface area contributed by atoms with Crippen LogP contribution in [-0.2, 0) is 4.79 Å². The summed E-state index contributed by atoms with van der Waals surface area (Å²) in [5.74, 6) is 6.22. The van der Waals surface area contributed by atoms with Gasteiger partial charge >= 0.3 is 0 Å². The second-order valence-electron chi connectivity index (χ2n) is 4.05. The van der Waals surface area contributed by atoms with Crippen LogP contribution in [0.25, 0.3) is 0 Å². The average Bonchev–Trinajstić information content (AvgIpc) is 3.15. The van der Waals surface area contributed by atoms with Crippen molar-refractivity contribution in [1.82, 2.24) is 15.3 Å². The molecule has 1 heterocycles. The Kier molecular flexibility index (Phi) is 4.32. The third-order valence-corrected chi connectivity index (χ3v) is 3.04. The van der Waals surface area contributed by atoms with E-state index in [1.54, 1.807) is 6.20 Å². The van der Waals surface area contributed by atoms with Crippen molar-refractivity contribution in [3.63, 3.8) is 0 Å². The van der Waals surface area contributed by atoms with Crippen LogP contribution in [0, 0.1) is 0 Å². The smallest absolute Gasteiger partial charge is 0.239 e. The predicted molar refractivity (Wildman–Crippen MR) is 71.8 cm³/mol. The number of hydrazine groups is 1. The fourth-order valence-corrected chi connectivity index (χ4v) is 1.71. The molecule has 98 valence electrons. The summed E-state index contributed by atoms with van der Waals surface area (Å²) in [6, 6.07) is 0.399. The van der Waals surface area contributed by atoms with Crippen LogP contribution in [0.3, 0.4) is 0 Å². The highest BCUT2D eigenvalue weighted by Crippen LogP contribution is 2.20. The summed E-state index contributed by atoms with van der Waals surface area (Å²) >= 11 is 3.32. The van der Waals surface area contributed by atoms with Crippen LogP contribution in [0.1, 0.15) is 19.3 Å². The molecule has 0 saturated heterocycles. The van der Waals surface area contributed by atoms with E-state index in [9.17, 15) is 4.79 Å². The number of nitrogens with one attached hydrogen (secondary N) is 3. The molecule has 7 nitrogen and oxygen atoms in total. The number of anilines is 2. The highest BCUT2D eigenvalue weighted by atomic mass is 79.9. The number of rotatable bonds is 6. The van der Waals surface area contributed by atoms with E-state index >= 15 is 0 Å². The number of nitrogens with zero attached hydrogens (tertiary/aromatic N) is 2. The van der Waals surface area contributed by atoms with Crippen molar-refractivity contribution in [2.24, 2.45) is 5.84 Å². The largest absolute Gasteiger partial charge is 0.368 e. The molecule has 1 aliphatic carbocycles. The average molecular weight is 315 g/mol. The van der Waals surface area contributed by atoms with E-state index in [1.165, 1.54) is 0 Å². The Bertz CT molecular complexity index is 436. The number of nitrogens with two attached hydrogens (primary N) is 1. The van der Waals surface area contributed by atoms with Crippen molar-refractivity contribution in [2.45, 2.75) is 25.3 Å². The van der Waals surface area contributed by atoms with E-state index in [0.29, 0.717) is 30.8 Å². The van der Waals surface area contributed by atoms with Crippen molar-refractivity contribution >= 4 is 33.6 Å². The van der Waals surface area contributed by atoms with E-state index < -0.39 is 0 Å². The fourth-order valence-electron chi connectivity index (χ4n) is 1.38. The van der Waals surface area contributed by atoms with Gasteiger partial charge in [0.05, 0.1) is 4.47 Å². The zero-order valence-corrected chi connectivity index (χ0v) is 11.3. The molecule has 5 N–H and O–H groups in total. The molecular weight excluding hydrogens is 300 g/mol. The molecule has 1 saturated carbocycles. The predicted octanol–water partition coefficient (Wildman–Crippen LogP) is 0.605. The summed E-state index contributed by atoms with van der Waals surface area (Å²) in [5, 5.41) is 5.98. The zero-order chi connectivity index (χ0) is 13.0. The van der Waals surface area contributed by atoms with Gasteiger partial charge in [-0.25, -0.2) is 10.8 Å². The van der Waals surface area contributed by atoms with E-state index in [2.05, 4.69) is 42.0 Å². The van der Waals surface area contributed by atoms with E-state index in [4.69, 9.17) is 5.84 Å². The van der Waals surface area contributed by atoms with E-state index in [-0.39, 0.29) is 5.91 Å². The van der Waals surface area contributed by atoms with Gasteiger partial charge in [-0.05, 0) is 28.8 Å². The second-order valence-corrected chi connectivity index (χ2v) is 4.91. The molecule has 18 heavy (non-hydrogen) atoms. The van der Waals surface area contributed by atoms with Gasteiger partial charge in [0, 0.05) is 25.2 Å². The van der Waals surface area contributed by atoms with Crippen LogP contribution >= 0.6 is 15.9 Å². The second kappa shape index (κ2) is 5.96. The van der Waals surface area contributed by atoms with Crippen LogP contribution in [-0.4, -0.2) is 28.5 Å². The van der Waals surface area contributed by atoms with Crippen LogP contribution in [0.4, 0.5) is 11.8 Å². The third-order valence-electron chi connectivity index (χ3n) is 2.46. The van der Waals surface area contributed by atoms with Crippen molar-refractivity contribution in [1.29, 1.82) is 0 Å². The van der Waals surface area contributed by atoms with Gasteiger partial charge in [0.2, 0.25) is 11.9 Å². The molecule has 0 unspecified atom stereocenters. The lowest BCUT2D eigenvalue weighted by molar-refractivity contribution is -0.120. The van der Waals surface area contributed by atoms with Gasteiger partial charge < -0.3 is 10.6 Å². The first-order chi connectivity index (χ1) is 8.69. The molecular formula is C10H15BrN6O. The minimum absolute atomic E-state index is 0.0624. The lowest BCUT2D eigenvalue weighted by atomic mass is 10.4. The molecule has 0 radical (unpaired) electrons. The van der Waals surface area contributed by atoms with Gasteiger partial charge in [0.15, 0.2) is 0 Å². The fraction of sp³-hybridized carbons (Fsp3) is 0.500. The molecule has 1 fully saturated rings. The maximum atomic E-state index is 11.5. The topological polar surface area (TPSA) is 105 Å². The lowest BCUT2D eigenvalue weighted by Crippen LogP contribution is -2.27. The normalized spacial score (nSPS) is 14.1. The Hall–Kier alpha value is -1.41. The summed E-state index contributed by atoms with van der Waals surface area (Å²) in [7, 11) is 0. The quantitative estimate of drug-likeness (QED) is 0.453. The number of carbonyl (C=O) groups excluding carboxylic acids is 1. The number of hydrogen-bond donors (Lipinski definition) is 4. The van der Waals surface area contributed by atoms with Crippen LogP contribution in [0.5, 0.6) is 0 Å². The van der Waals surface area contributed by atoms with Crippen LogP contribution < -0.4 is 21.9 Å². The Labute approximate surface area is 113 Å². The standard InChI is InChI=1S/C10H15BrN6O/c11-7-5-14-10(17-12)16-9(7)13-4-3-8(18)15-6-1-2-6/h5-6H,1-4,12H2,(H,15,18)(H2,13,14,16,17). The first-order valence-electron chi connectivity index (χ1n) is 5.71. The Morgan fingerprint density at radius 2 is 2.33 bits per heavy atom. The summed E-state index contributed by atoms with van der Waals surface area (Å²) in [4.78, 5) is 19.5. The van der Waals surface area contributed by atoms with Gasteiger partial charge in [0.25, 0.3) is 0 Å². The summed E-state index contributed by atoms with van der Waals surface area (Å²) in [6.45, 7) is 0.512. The van der Waals surface area contributed by atoms with Crippen molar-refractivity contribution in [3.05, 3.63) is 10.7 Å². The van der Waals surface area contributed by atoms with Gasteiger partial charge in [-0.2, -0.15) is 4.98 Å². The first kappa shape index (κ1) is 13.0. The van der Waals surface area contributed by atoms with Crippen molar-refractivity contribution < 1.29 is 4.79 Å². The van der Waals surface area contributed by atoms with E-state index in [0.717, 1.165) is 17.3 Å². The number of amides is 1. The highest BCUT2D eigenvalue weighted by Gasteiger charge is 2.22. The summed E-state index contributed by atoms with van der Waals surface area (Å²) < 4.78 is 0.726. The minimum Gasteiger partial charge on any atom is -0.368 e. The molecule has 0 aromatic carbocycles. The van der Waals surface area contributed by atoms with Crippen LogP contribution in [0.15, 0.2) is 10.7 Å². The first-order valence-corrected chi connectivity index (χ1v) is 6.50. The number of hydrogen-bond acceptors (Lipinski definition) is 6. The molecule has 0 spiro atoms. The lowest BCUT2D eigenvalue weighted by Gasteiger charge is -2.08. The zero-order valence-electron chi connectivity index (χ0n) is 9.74. The molecule has 1 aromatic heterocycles. The molecule has 0 bridgehead atoms. The Morgan fingerprint density at radius 1 is 1.56 bits per heavy atom. The number of halogens is 1. The highest BCUT2D eigenvalue weighted by molar-refractivity contribution is 9.10. The summed E-state index contributed by atoms with van der Waals surface area (Å²) in [5.41, 5.74) is 2.37. The molecule has 1 aromatic rings. The SMILES string of the molecule is NNc1ncc(Br)c(NCCC(=O)NC2CC2)n1. The van der Waals surface area contributed by atoms with Gasteiger partial charge in [-0.1, -0.05) is 0 Å².